The predicted molar refractivity (Wildman–Crippen MR) is 154 cm³/mol. The molecular formula is C29H38FN5O4S. The Labute approximate surface area is 238 Å². The second-order valence-corrected chi connectivity index (χ2v) is 11.8. The molecule has 0 saturated heterocycles. The van der Waals surface area contributed by atoms with E-state index in [0.29, 0.717) is 28.6 Å². The Kier molecular flexibility index (Phi) is 10.8. The molecule has 1 amide bonds. The zero-order valence-corrected chi connectivity index (χ0v) is 24.8. The second kappa shape index (κ2) is 13.8. The van der Waals surface area contributed by atoms with Gasteiger partial charge in [-0.15, -0.1) is 0 Å². The third-order valence-corrected chi connectivity index (χ3v) is 7.52. The number of nitrogens with zero attached hydrogens (tertiary/aromatic N) is 4. The minimum absolute atomic E-state index is 0.0285. The van der Waals surface area contributed by atoms with Crippen molar-refractivity contribution in [2.45, 2.75) is 78.3 Å². The highest BCUT2D eigenvalue weighted by Crippen LogP contribution is 2.30. The number of hydrogen-bond donors (Lipinski definition) is 1. The van der Waals surface area contributed by atoms with E-state index in [-0.39, 0.29) is 23.1 Å². The molecule has 0 spiro atoms. The lowest BCUT2D eigenvalue weighted by Crippen LogP contribution is -2.38. The number of amides is 1. The van der Waals surface area contributed by atoms with Crippen LogP contribution in [-0.2, 0) is 19.1 Å². The summed E-state index contributed by atoms with van der Waals surface area (Å²) in [7, 11) is 0. The molecule has 0 aliphatic heterocycles. The molecule has 0 bridgehead atoms. The maximum atomic E-state index is 14.5. The number of carbonyl (C=O) groups is 3. The van der Waals surface area contributed by atoms with Gasteiger partial charge in [-0.2, -0.15) is 0 Å². The van der Waals surface area contributed by atoms with Crippen molar-refractivity contribution in [3.8, 4) is 0 Å². The number of ketones is 1. The SMILES string of the molecule is CCCCC(CC)COC(=O)CSc1ncnc2c1ncn2C(C(=O)Nc1ccc(C)cc1F)C(=O)C(C)(C)C. The summed E-state index contributed by atoms with van der Waals surface area (Å²) in [5.41, 5.74) is 0.364. The minimum Gasteiger partial charge on any atom is -0.465 e. The van der Waals surface area contributed by atoms with Crippen LogP contribution in [0.1, 0.15) is 71.9 Å². The molecule has 0 aliphatic carbocycles. The number of Topliss-reactive ketones (excluding diaryl/α,β-unsaturated/α-hetero) is 1. The fourth-order valence-electron chi connectivity index (χ4n) is 4.11. The van der Waals surface area contributed by atoms with E-state index in [1.807, 2.05) is 0 Å². The van der Waals surface area contributed by atoms with Crippen molar-refractivity contribution in [3.05, 3.63) is 42.2 Å². The lowest BCUT2D eigenvalue weighted by atomic mass is 9.86. The van der Waals surface area contributed by atoms with Gasteiger partial charge in [0.2, 0.25) is 0 Å². The van der Waals surface area contributed by atoms with E-state index in [0.717, 1.165) is 37.4 Å². The average molecular weight is 572 g/mol. The van der Waals surface area contributed by atoms with Crippen molar-refractivity contribution < 1.29 is 23.5 Å². The first kappa shape index (κ1) is 31.2. The van der Waals surface area contributed by atoms with E-state index in [1.165, 1.54) is 29.4 Å². The van der Waals surface area contributed by atoms with Crippen LogP contribution in [0.15, 0.2) is 35.9 Å². The second-order valence-electron chi connectivity index (χ2n) is 10.9. The Morgan fingerprint density at radius 1 is 1.15 bits per heavy atom. The number of nitrogens with one attached hydrogen (secondary N) is 1. The van der Waals surface area contributed by atoms with E-state index in [4.69, 9.17) is 4.74 Å². The molecule has 2 atom stereocenters. The summed E-state index contributed by atoms with van der Waals surface area (Å²) in [6, 6.07) is 3.06. The fourth-order valence-corrected chi connectivity index (χ4v) is 4.85. The van der Waals surface area contributed by atoms with Crippen LogP contribution in [0.25, 0.3) is 11.2 Å². The monoisotopic (exact) mass is 571 g/mol. The van der Waals surface area contributed by atoms with E-state index in [9.17, 15) is 18.8 Å². The number of thioether (sulfide) groups is 1. The number of ether oxygens (including phenoxy) is 1. The summed E-state index contributed by atoms with van der Waals surface area (Å²) >= 11 is 1.15. The Hall–Kier alpha value is -3.34. The van der Waals surface area contributed by atoms with Crippen molar-refractivity contribution in [1.29, 1.82) is 0 Å². The first-order valence-corrected chi connectivity index (χ1v) is 14.5. The van der Waals surface area contributed by atoms with Gasteiger partial charge in [-0.25, -0.2) is 19.3 Å². The smallest absolute Gasteiger partial charge is 0.316 e. The number of hydrogen-bond acceptors (Lipinski definition) is 8. The molecule has 0 aliphatic rings. The van der Waals surface area contributed by atoms with Crippen LogP contribution >= 0.6 is 11.8 Å². The molecule has 2 unspecified atom stereocenters. The molecule has 3 rings (SSSR count). The van der Waals surface area contributed by atoms with E-state index < -0.39 is 29.0 Å². The molecule has 40 heavy (non-hydrogen) atoms. The van der Waals surface area contributed by atoms with Crippen molar-refractivity contribution in [1.82, 2.24) is 19.5 Å². The van der Waals surface area contributed by atoms with E-state index >= 15 is 0 Å². The van der Waals surface area contributed by atoms with Crippen LogP contribution in [-0.4, -0.2) is 49.5 Å². The summed E-state index contributed by atoms with van der Waals surface area (Å²) < 4.78 is 21.4. The van der Waals surface area contributed by atoms with Gasteiger partial charge in [-0.05, 0) is 37.0 Å². The molecule has 3 aromatic rings. The first-order valence-electron chi connectivity index (χ1n) is 13.5. The molecule has 1 N–H and O–H groups in total. The number of rotatable bonds is 13. The number of aromatic nitrogens is 4. The first-order chi connectivity index (χ1) is 19.0. The molecule has 2 heterocycles. The van der Waals surface area contributed by atoms with E-state index in [2.05, 4.69) is 34.1 Å². The Morgan fingerprint density at radius 3 is 2.55 bits per heavy atom. The molecule has 11 heteroatoms. The van der Waals surface area contributed by atoms with Gasteiger partial charge in [0.15, 0.2) is 17.5 Å². The van der Waals surface area contributed by atoms with Gasteiger partial charge in [0.05, 0.1) is 24.4 Å². The largest absolute Gasteiger partial charge is 0.465 e. The van der Waals surface area contributed by atoms with Gasteiger partial charge < -0.3 is 10.1 Å². The summed E-state index contributed by atoms with van der Waals surface area (Å²) in [5, 5.41) is 2.97. The maximum Gasteiger partial charge on any atom is 0.316 e. The summed E-state index contributed by atoms with van der Waals surface area (Å²) in [5.74, 6) is -1.71. The van der Waals surface area contributed by atoms with Crippen molar-refractivity contribution >= 4 is 46.3 Å². The van der Waals surface area contributed by atoms with Crippen LogP contribution in [0, 0.1) is 24.1 Å². The molecule has 0 saturated carbocycles. The minimum atomic E-state index is -1.36. The molecule has 216 valence electrons. The zero-order valence-electron chi connectivity index (χ0n) is 24.0. The number of fused-ring (bicyclic) bond motifs is 1. The maximum absolute atomic E-state index is 14.5. The van der Waals surface area contributed by atoms with E-state index in [1.54, 1.807) is 33.8 Å². The van der Waals surface area contributed by atoms with Crippen molar-refractivity contribution in [2.75, 3.05) is 17.7 Å². The van der Waals surface area contributed by atoms with Gasteiger partial charge in [0, 0.05) is 5.41 Å². The number of aryl methyl sites for hydroxylation is 1. The Balaban J connectivity index is 1.83. The van der Waals surface area contributed by atoms with Crippen LogP contribution in [0.2, 0.25) is 0 Å². The third kappa shape index (κ3) is 7.87. The Bertz CT molecular complexity index is 1350. The number of unbranched alkanes of at least 4 members (excludes halogenated alkanes) is 1. The quantitative estimate of drug-likeness (QED) is 0.116. The van der Waals surface area contributed by atoms with Gasteiger partial charge in [0.25, 0.3) is 5.91 Å². The number of carbonyl (C=O) groups excluding carboxylic acids is 3. The number of benzene rings is 1. The summed E-state index contributed by atoms with van der Waals surface area (Å²) in [6.07, 6.45) is 6.81. The van der Waals surface area contributed by atoms with Crippen molar-refractivity contribution in [3.63, 3.8) is 0 Å². The zero-order chi connectivity index (χ0) is 29.4. The molecule has 2 aromatic heterocycles. The number of esters is 1. The number of anilines is 1. The molecule has 1 aromatic carbocycles. The van der Waals surface area contributed by atoms with Gasteiger partial charge in [-0.3, -0.25) is 19.0 Å². The highest BCUT2D eigenvalue weighted by Gasteiger charge is 2.37. The number of halogens is 1. The summed E-state index contributed by atoms with van der Waals surface area (Å²) in [6.45, 7) is 11.5. The molecule has 9 nitrogen and oxygen atoms in total. The molecule has 0 radical (unpaired) electrons. The highest BCUT2D eigenvalue weighted by atomic mass is 32.2. The van der Waals surface area contributed by atoms with Crippen LogP contribution in [0.4, 0.5) is 10.1 Å². The van der Waals surface area contributed by atoms with Crippen LogP contribution < -0.4 is 5.32 Å². The molecular weight excluding hydrogens is 533 g/mol. The lowest BCUT2D eigenvalue weighted by molar-refractivity contribution is -0.142. The van der Waals surface area contributed by atoms with Crippen LogP contribution in [0.3, 0.4) is 0 Å². The topological polar surface area (TPSA) is 116 Å². The highest BCUT2D eigenvalue weighted by molar-refractivity contribution is 8.00. The Morgan fingerprint density at radius 2 is 1.90 bits per heavy atom. The van der Waals surface area contributed by atoms with Gasteiger partial charge >= 0.3 is 5.97 Å². The standard InChI is InChI=1S/C29H38FN5O4S/c1-7-9-10-19(8-2)14-39-22(36)15-40-28-23-26(31-16-32-28)35(17-33-23)24(25(37)29(4,5)6)27(38)34-21-12-11-18(3)13-20(21)30/h11-13,16-17,19,24H,7-10,14-15H2,1-6H3,(H,34,38). The summed E-state index contributed by atoms with van der Waals surface area (Å²) in [4.78, 5) is 52.3. The van der Waals surface area contributed by atoms with Gasteiger partial charge in [0.1, 0.15) is 22.7 Å². The average Bonchev–Trinajstić information content (AvgIpc) is 3.33. The normalized spacial score (nSPS) is 13.2. The predicted octanol–water partition coefficient (Wildman–Crippen LogP) is 5.92. The third-order valence-electron chi connectivity index (χ3n) is 6.57. The fraction of sp³-hybridized carbons (Fsp3) is 0.517. The van der Waals surface area contributed by atoms with Crippen LogP contribution in [0.5, 0.6) is 0 Å². The lowest BCUT2D eigenvalue weighted by Gasteiger charge is -2.25. The number of imidazole rings is 1. The van der Waals surface area contributed by atoms with Crippen molar-refractivity contribution in [2.24, 2.45) is 11.3 Å². The van der Waals surface area contributed by atoms with Gasteiger partial charge in [-0.1, -0.05) is 71.7 Å². The molecule has 0 fully saturated rings.